The number of benzene rings is 2. The Balaban J connectivity index is 2.10. The summed E-state index contributed by atoms with van der Waals surface area (Å²) in [7, 11) is 0. The van der Waals surface area contributed by atoms with Crippen molar-refractivity contribution in [3.05, 3.63) is 65.4 Å². The van der Waals surface area contributed by atoms with E-state index in [0.717, 1.165) is 16.3 Å². The van der Waals surface area contributed by atoms with Crippen LogP contribution < -0.4 is 0 Å². The van der Waals surface area contributed by atoms with E-state index < -0.39 is 5.60 Å². The lowest BCUT2D eigenvalue weighted by molar-refractivity contribution is 0.00715. The highest BCUT2D eigenvalue weighted by Gasteiger charge is 2.24. The van der Waals surface area contributed by atoms with Crippen molar-refractivity contribution in [2.45, 2.75) is 26.4 Å². The number of fused-ring (bicyclic) bond motifs is 3. The highest BCUT2D eigenvalue weighted by molar-refractivity contribution is 6.32. The Bertz CT molecular complexity index is 1160. The Morgan fingerprint density at radius 3 is 2.48 bits per heavy atom. The molecule has 4 rings (SSSR count). The fourth-order valence-electron chi connectivity index (χ4n) is 3.15. The number of nitrogens with zero attached hydrogens (tertiary/aromatic N) is 3. The largest absolute Gasteiger partial charge is 0.456 e. The lowest BCUT2D eigenvalue weighted by Crippen LogP contribution is -2.24. The fraction of sp³-hybridized carbons (Fsp3) is 0.190. The minimum Gasteiger partial charge on any atom is -0.456 e. The van der Waals surface area contributed by atoms with Gasteiger partial charge in [-0.25, -0.2) is 14.8 Å². The van der Waals surface area contributed by atoms with Crippen molar-refractivity contribution in [1.29, 1.82) is 0 Å². The molecular weight excluding hydrogens is 362 g/mol. The van der Waals surface area contributed by atoms with Crippen molar-refractivity contribution < 1.29 is 9.53 Å². The number of hydrogen-bond acceptors (Lipinski definition) is 4. The molecule has 0 radical (unpaired) electrons. The molecule has 6 heteroatoms. The van der Waals surface area contributed by atoms with E-state index in [1.165, 1.54) is 0 Å². The lowest BCUT2D eigenvalue weighted by Gasteiger charge is -2.20. The molecule has 5 nitrogen and oxygen atoms in total. The van der Waals surface area contributed by atoms with Crippen LogP contribution in [0.1, 0.15) is 31.1 Å². The molecule has 0 aliphatic carbocycles. The van der Waals surface area contributed by atoms with E-state index >= 15 is 0 Å². The molecule has 27 heavy (non-hydrogen) atoms. The number of hydrogen-bond donors (Lipinski definition) is 0. The summed E-state index contributed by atoms with van der Waals surface area (Å²) in [5, 5.41) is 2.44. The van der Waals surface area contributed by atoms with Crippen molar-refractivity contribution in [2.75, 3.05) is 0 Å². The summed E-state index contributed by atoms with van der Waals surface area (Å²) in [6, 6.07) is 12.9. The Morgan fingerprint density at radius 1 is 1.04 bits per heavy atom. The van der Waals surface area contributed by atoms with E-state index in [2.05, 4.69) is 9.97 Å². The topological polar surface area (TPSA) is 57.0 Å². The molecule has 2 aromatic carbocycles. The van der Waals surface area contributed by atoms with Crippen LogP contribution in [0.4, 0.5) is 0 Å². The zero-order valence-electron chi connectivity index (χ0n) is 15.2. The predicted molar refractivity (Wildman–Crippen MR) is 107 cm³/mol. The summed E-state index contributed by atoms with van der Waals surface area (Å²) >= 11 is 6.23. The third-order valence-electron chi connectivity index (χ3n) is 4.12. The summed E-state index contributed by atoms with van der Waals surface area (Å²) in [5.41, 5.74) is 1.44. The van der Waals surface area contributed by atoms with Crippen LogP contribution in [-0.2, 0) is 4.74 Å². The van der Waals surface area contributed by atoms with Crippen LogP contribution in [0.3, 0.4) is 0 Å². The second-order valence-electron chi connectivity index (χ2n) is 7.25. The van der Waals surface area contributed by atoms with E-state index in [1.54, 1.807) is 24.5 Å². The van der Waals surface area contributed by atoms with Gasteiger partial charge in [0.2, 0.25) is 5.95 Å². The van der Waals surface area contributed by atoms with Crippen LogP contribution in [0.25, 0.3) is 27.8 Å². The molecule has 0 atom stereocenters. The van der Waals surface area contributed by atoms with Crippen LogP contribution >= 0.6 is 11.6 Å². The predicted octanol–water partition coefficient (Wildman–Crippen LogP) is 5.18. The van der Waals surface area contributed by atoms with E-state index in [-0.39, 0.29) is 5.97 Å². The van der Waals surface area contributed by atoms with Crippen molar-refractivity contribution in [1.82, 2.24) is 14.5 Å². The van der Waals surface area contributed by atoms with Gasteiger partial charge in [-0.05, 0) is 51.1 Å². The summed E-state index contributed by atoms with van der Waals surface area (Å²) < 4.78 is 7.50. The molecule has 2 heterocycles. The van der Waals surface area contributed by atoms with Crippen LogP contribution in [0.15, 0.2) is 54.9 Å². The van der Waals surface area contributed by atoms with Crippen LogP contribution in [-0.4, -0.2) is 26.1 Å². The summed E-state index contributed by atoms with van der Waals surface area (Å²) in [6.07, 6.45) is 3.35. The van der Waals surface area contributed by atoms with Crippen molar-refractivity contribution >= 4 is 39.4 Å². The highest BCUT2D eigenvalue weighted by atomic mass is 35.5. The maximum Gasteiger partial charge on any atom is 0.340 e. The number of carbonyl (C=O) groups excluding carboxylic acids is 1. The van der Waals surface area contributed by atoms with Crippen molar-refractivity contribution in [2.24, 2.45) is 0 Å². The van der Waals surface area contributed by atoms with E-state index in [1.807, 2.05) is 55.7 Å². The van der Waals surface area contributed by atoms with E-state index in [0.29, 0.717) is 22.1 Å². The Hall–Kier alpha value is -2.92. The van der Waals surface area contributed by atoms with E-state index in [4.69, 9.17) is 16.3 Å². The van der Waals surface area contributed by atoms with Gasteiger partial charge in [-0.2, -0.15) is 0 Å². The molecule has 0 N–H and O–H groups in total. The summed E-state index contributed by atoms with van der Waals surface area (Å²) in [6.45, 7) is 5.54. The normalized spacial score (nSPS) is 11.9. The zero-order chi connectivity index (χ0) is 19.2. The third kappa shape index (κ3) is 3.15. The third-order valence-corrected chi connectivity index (χ3v) is 4.36. The lowest BCUT2D eigenvalue weighted by atomic mass is 10.1. The fourth-order valence-corrected chi connectivity index (χ4v) is 3.33. The summed E-state index contributed by atoms with van der Waals surface area (Å²) in [4.78, 5) is 21.7. The van der Waals surface area contributed by atoms with Crippen LogP contribution in [0, 0.1) is 0 Å². The molecule has 4 aromatic rings. The van der Waals surface area contributed by atoms with Gasteiger partial charge in [0.1, 0.15) is 5.60 Å². The Kier molecular flexibility index (Phi) is 4.12. The maximum absolute atomic E-state index is 12.9. The van der Waals surface area contributed by atoms with Crippen molar-refractivity contribution in [3.63, 3.8) is 0 Å². The van der Waals surface area contributed by atoms with Crippen LogP contribution in [0.2, 0.25) is 5.02 Å². The first kappa shape index (κ1) is 17.5. The van der Waals surface area contributed by atoms with Crippen LogP contribution in [0.5, 0.6) is 0 Å². The average Bonchev–Trinajstić information content (AvgIpc) is 2.94. The van der Waals surface area contributed by atoms with Gasteiger partial charge < -0.3 is 4.74 Å². The first-order valence-corrected chi connectivity index (χ1v) is 8.96. The molecular formula is C21H18ClN3O2. The van der Waals surface area contributed by atoms with Gasteiger partial charge in [0, 0.05) is 28.2 Å². The Labute approximate surface area is 161 Å². The Morgan fingerprint density at radius 2 is 1.78 bits per heavy atom. The number of para-hydroxylation sites is 1. The number of aromatic nitrogens is 3. The van der Waals surface area contributed by atoms with Gasteiger partial charge in [-0.15, -0.1) is 0 Å². The molecule has 0 aliphatic heterocycles. The molecule has 136 valence electrons. The zero-order valence-corrected chi connectivity index (χ0v) is 16.0. The molecule has 0 saturated carbocycles. The average molecular weight is 380 g/mol. The minimum atomic E-state index is -0.595. The number of halogens is 1. The van der Waals surface area contributed by atoms with Gasteiger partial charge >= 0.3 is 5.97 Å². The monoisotopic (exact) mass is 379 g/mol. The second kappa shape index (κ2) is 6.35. The number of esters is 1. The maximum atomic E-state index is 12.9. The van der Waals surface area contributed by atoms with Gasteiger partial charge in [-0.3, -0.25) is 4.57 Å². The number of rotatable bonds is 2. The highest BCUT2D eigenvalue weighted by Crippen LogP contribution is 2.35. The number of carbonyl (C=O) groups is 1. The SMILES string of the molecule is CC(C)(C)OC(=O)c1cccc2c3cc(Cl)ccc3n(-c3ncccn3)c12. The molecule has 0 aliphatic rings. The smallest absolute Gasteiger partial charge is 0.340 e. The van der Waals surface area contributed by atoms with E-state index in [9.17, 15) is 4.79 Å². The second-order valence-corrected chi connectivity index (χ2v) is 7.69. The van der Waals surface area contributed by atoms with Crippen molar-refractivity contribution in [3.8, 4) is 5.95 Å². The first-order chi connectivity index (χ1) is 12.8. The molecule has 0 unspecified atom stereocenters. The molecule has 0 bridgehead atoms. The summed E-state index contributed by atoms with van der Waals surface area (Å²) in [5.74, 6) is 0.0926. The van der Waals surface area contributed by atoms with Gasteiger partial charge in [-0.1, -0.05) is 23.7 Å². The first-order valence-electron chi connectivity index (χ1n) is 8.58. The van der Waals surface area contributed by atoms with Gasteiger partial charge in [0.15, 0.2) is 0 Å². The quantitative estimate of drug-likeness (QED) is 0.450. The molecule has 0 amide bonds. The molecule has 2 aromatic heterocycles. The number of ether oxygens (including phenoxy) is 1. The standard InChI is InChI=1S/C21H18ClN3O2/c1-21(2,3)27-19(26)15-7-4-6-14-16-12-13(22)8-9-17(16)25(18(14)15)20-23-10-5-11-24-20/h4-12H,1-3H3. The van der Waals surface area contributed by atoms with Gasteiger partial charge in [0.05, 0.1) is 16.6 Å². The minimum absolute atomic E-state index is 0.390. The molecule has 0 fully saturated rings. The van der Waals surface area contributed by atoms with Gasteiger partial charge in [0.25, 0.3) is 0 Å². The molecule has 0 spiro atoms. The molecule has 0 saturated heterocycles.